The summed E-state index contributed by atoms with van der Waals surface area (Å²) in [5.74, 6) is 0. The second-order valence-corrected chi connectivity index (χ2v) is 4.45. The minimum absolute atomic E-state index is 0.571. The van der Waals surface area contributed by atoms with Crippen LogP contribution in [-0.4, -0.2) is 20.3 Å². The fourth-order valence-corrected chi connectivity index (χ4v) is 2.22. The number of aliphatic hydroxyl groups is 1. The largest absolute Gasteiger partial charge is 0.384 e. The lowest BCUT2D eigenvalue weighted by Crippen LogP contribution is -2.01. The van der Waals surface area contributed by atoms with Gasteiger partial charge in [0.2, 0.25) is 0 Å². The number of nitrogens with one attached hydrogen (secondary N) is 1. The molecule has 1 aromatic carbocycles. The van der Waals surface area contributed by atoms with Crippen molar-refractivity contribution in [1.82, 2.24) is 15.2 Å². The van der Waals surface area contributed by atoms with E-state index in [9.17, 15) is 5.11 Å². The van der Waals surface area contributed by atoms with Crippen molar-refractivity contribution in [2.75, 3.05) is 0 Å². The minimum Gasteiger partial charge on any atom is -0.384 e. The highest BCUT2D eigenvalue weighted by molar-refractivity contribution is 6.31. The Bertz CT molecular complexity index is 681. The number of nitrogens with zero attached hydrogens (tertiary/aromatic N) is 2. The van der Waals surface area contributed by atoms with E-state index >= 15 is 0 Å². The predicted molar refractivity (Wildman–Crippen MR) is 69.4 cm³/mol. The molecule has 1 atom stereocenters. The zero-order chi connectivity index (χ0) is 12.5. The molecule has 0 aliphatic heterocycles. The van der Waals surface area contributed by atoms with Crippen LogP contribution in [0.5, 0.6) is 0 Å². The SMILES string of the molecule is OC(c1cccnc1)c1cc(Cl)cc2cn[nH]c12. The van der Waals surface area contributed by atoms with Crippen molar-refractivity contribution < 1.29 is 5.11 Å². The average molecular weight is 260 g/mol. The Morgan fingerprint density at radius 1 is 1.28 bits per heavy atom. The molecule has 0 aliphatic carbocycles. The predicted octanol–water partition coefficient (Wildman–Crippen LogP) is 2.69. The molecule has 0 saturated heterocycles. The number of rotatable bonds is 2. The Labute approximate surface area is 108 Å². The summed E-state index contributed by atoms with van der Waals surface area (Å²) in [6.07, 6.45) is 4.20. The zero-order valence-corrected chi connectivity index (χ0v) is 10.1. The van der Waals surface area contributed by atoms with Crippen molar-refractivity contribution in [1.29, 1.82) is 0 Å². The van der Waals surface area contributed by atoms with Gasteiger partial charge in [-0.2, -0.15) is 5.10 Å². The van der Waals surface area contributed by atoms with E-state index in [2.05, 4.69) is 15.2 Å². The molecular weight excluding hydrogens is 250 g/mol. The lowest BCUT2D eigenvalue weighted by Gasteiger charge is -2.12. The molecule has 1 unspecified atom stereocenters. The van der Waals surface area contributed by atoms with Crippen LogP contribution in [0.4, 0.5) is 0 Å². The van der Waals surface area contributed by atoms with E-state index in [0.717, 1.165) is 16.5 Å². The number of H-pyrrole nitrogens is 1. The van der Waals surface area contributed by atoms with Crippen LogP contribution in [0.25, 0.3) is 10.9 Å². The highest BCUT2D eigenvalue weighted by atomic mass is 35.5. The third-order valence-corrected chi connectivity index (χ3v) is 3.06. The van der Waals surface area contributed by atoms with Gasteiger partial charge in [0, 0.05) is 33.9 Å². The van der Waals surface area contributed by atoms with Crippen molar-refractivity contribution in [3.8, 4) is 0 Å². The van der Waals surface area contributed by atoms with Crippen molar-refractivity contribution in [3.05, 3.63) is 59.0 Å². The van der Waals surface area contributed by atoms with Crippen LogP contribution in [0.2, 0.25) is 5.02 Å². The van der Waals surface area contributed by atoms with Gasteiger partial charge in [0.25, 0.3) is 0 Å². The molecule has 3 rings (SSSR count). The zero-order valence-electron chi connectivity index (χ0n) is 9.34. The second kappa shape index (κ2) is 4.40. The second-order valence-electron chi connectivity index (χ2n) is 4.02. The number of halogens is 1. The topological polar surface area (TPSA) is 61.8 Å². The Morgan fingerprint density at radius 2 is 2.17 bits per heavy atom. The summed E-state index contributed by atoms with van der Waals surface area (Å²) in [6.45, 7) is 0. The van der Waals surface area contributed by atoms with E-state index in [0.29, 0.717) is 10.6 Å². The van der Waals surface area contributed by atoms with Gasteiger partial charge in [-0.3, -0.25) is 10.1 Å². The molecule has 0 amide bonds. The molecule has 2 N–H and O–H groups in total. The van der Waals surface area contributed by atoms with Crippen LogP contribution in [0, 0.1) is 0 Å². The number of benzene rings is 1. The number of aromatic amines is 1. The van der Waals surface area contributed by atoms with Gasteiger partial charge in [-0.05, 0) is 18.2 Å². The maximum Gasteiger partial charge on any atom is 0.108 e. The molecule has 0 bridgehead atoms. The van der Waals surface area contributed by atoms with Gasteiger partial charge >= 0.3 is 0 Å². The summed E-state index contributed by atoms with van der Waals surface area (Å²) >= 11 is 6.04. The molecule has 5 heteroatoms. The number of pyridine rings is 1. The third-order valence-electron chi connectivity index (χ3n) is 2.84. The minimum atomic E-state index is -0.777. The standard InChI is InChI=1S/C13H10ClN3O/c14-10-4-9-7-16-17-12(9)11(5-10)13(18)8-2-1-3-15-6-8/h1-7,13,18H,(H,16,17). The van der Waals surface area contributed by atoms with Gasteiger partial charge in [-0.15, -0.1) is 0 Å². The van der Waals surface area contributed by atoms with Crippen LogP contribution >= 0.6 is 11.6 Å². The molecule has 0 spiro atoms. The number of fused-ring (bicyclic) bond motifs is 1. The molecule has 90 valence electrons. The Balaban J connectivity index is 2.17. The number of hydrogen-bond donors (Lipinski definition) is 2. The summed E-state index contributed by atoms with van der Waals surface area (Å²) in [5, 5.41) is 18.7. The maximum atomic E-state index is 10.4. The van der Waals surface area contributed by atoms with Crippen molar-refractivity contribution in [3.63, 3.8) is 0 Å². The summed E-state index contributed by atoms with van der Waals surface area (Å²) in [5.41, 5.74) is 2.20. The Kier molecular flexibility index (Phi) is 2.74. The first-order valence-electron chi connectivity index (χ1n) is 5.46. The molecule has 0 radical (unpaired) electrons. The van der Waals surface area contributed by atoms with E-state index in [-0.39, 0.29) is 0 Å². The maximum absolute atomic E-state index is 10.4. The lowest BCUT2D eigenvalue weighted by atomic mass is 10.0. The van der Waals surface area contributed by atoms with Crippen molar-refractivity contribution in [2.24, 2.45) is 0 Å². The van der Waals surface area contributed by atoms with Crippen LogP contribution in [0.1, 0.15) is 17.2 Å². The van der Waals surface area contributed by atoms with E-state index in [1.54, 1.807) is 36.8 Å². The third kappa shape index (κ3) is 1.85. The van der Waals surface area contributed by atoms with Gasteiger partial charge < -0.3 is 5.11 Å². The lowest BCUT2D eigenvalue weighted by molar-refractivity contribution is 0.221. The average Bonchev–Trinajstić information content (AvgIpc) is 2.86. The van der Waals surface area contributed by atoms with E-state index < -0.39 is 6.10 Å². The first kappa shape index (κ1) is 11.2. The van der Waals surface area contributed by atoms with Gasteiger partial charge in [0.15, 0.2) is 0 Å². The van der Waals surface area contributed by atoms with Gasteiger partial charge in [0.05, 0.1) is 11.7 Å². The van der Waals surface area contributed by atoms with E-state index in [4.69, 9.17) is 11.6 Å². The quantitative estimate of drug-likeness (QED) is 0.744. The number of aromatic nitrogens is 3. The number of hydrogen-bond acceptors (Lipinski definition) is 3. The highest BCUT2D eigenvalue weighted by Crippen LogP contribution is 2.30. The van der Waals surface area contributed by atoms with E-state index in [1.165, 1.54) is 0 Å². The molecule has 0 saturated carbocycles. The first-order chi connectivity index (χ1) is 8.75. The summed E-state index contributed by atoms with van der Waals surface area (Å²) in [7, 11) is 0. The van der Waals surface area contributed by atoms with Crippen LogP contribution in [0.15, 0.2) is 42.9 Å². The molecule has 0 fully saturated rings. The summed E-state index contributed by atoms with van der Waals surface area (Å²) in [6, 6.07) is 7.15. The summed E-state index contributed by atoms with van der Waals surface area (Å²) < 4.78 is 0. The fourth-order valence-electron chi connectivity index (χ4n) is 1.98. The van der Waals surface area contributed by atoms with Crippen LogP contribution in [0.3, 0.4) is 0 Å². The molecule has 3 aromatic rings. The molecule has 18 heavy (non-hydrogen) atoms. The Hall–Kier alpha value is -1.91. The molecule has 4 nitrogen and oxygen atoms in total. The van der Waals surface area contributed by atoms with E-state index in [1.807, 2.05) is 6.07 Å². The fraction of sp³-hybridized carbons (Fsp3) is 0.0769. The first-order valence-corrected chi connectivity index (χ1v) is 5.84. The van der Waals surface area contributed by atoms with Gasteiger partial charge in [-0.25, -0.2) is 0 Å². The van der Waals surface area contributed by atoms with Gasteiger partial charge in [0.1, 0.15) is 6.10 Å². The Morgan fingerprint density at radius 3 is 2.94 bits per heavy atom. The molecule has 2 heterocycles. The van der Waals surface area contributed by atoms with Gasteiger partial charge in [-0.1, -0.05) is 17.7 Å². The monoisotopic (exact) mass is 259 g/mol. The summed E-state index contributed by atoms with van der Waals surface area (Å²) in [4.78, 5) is 4.00. The molecular formula is C13H10ClN3O. The highest BCUT2D eigenvalue weighted by Gasteiger charge is 2.15. The van der Waals surface area contributed by atoms with Crippen LogP contribution in [-0.2, 0) is 0 Å². The van der Waals surface area contributed by atoms with Crippen molar-refractivity contribution in [2.45, 2.75) is 6.10 Å². The normalized spacial score (nSPS) is 12.8. The van der Waals surface area contributed by atoms with Crippen molar-refractivity contribution >= 4 is 22.5 Å². The molecule has 2 aromatic heterocycles. The van der Waals surface area contributed by atoms with Crippen LogP contribution < -0.4 is 0 Å². The smallest absolute Gasteiger partial charge is 0.108 e. The molecule has 0 aliphatic rings. The number of aliphatic hydroxyl groups excluding tert-OH is 1.